The highest BCUT2D eigenvalue weighted by Gasteiger charge is 2.23. The third-order valence-corrected chi connectivity index (χ3v) is 4.87. The lowest BCUT2D eigenvalue weighted by atomic mass is 10.1. The van der Waals surface area contributed by atoms with Crippen molar-refractivity contribution >= 4 is 18.4 Å². The van der Waals surface area contributed by atoms with Gasteiger partial charge in [-0.15, -0.1) is 12.4 Å². The zero-order valence-corrected chi connectivity index (χ0v) is 16.6. The van der Waals surface area contributed by atoms with Crippen LogP contribution in [0.1, 0.15) is 47.7 Å². The van der Waals surface area contributed by atoms with Crippen molar-refractivity contribution in [3.05, 3.63) is 65.7 Å². The second kappa shape index (κ2) is 11.0. The number of carbonyl (C=O) groups is 1. The summed E-state index contributed by atoms with van der Waals surface area (Å²) in [6.45, 7) is 2.86. The third-order valence-electron chi connectivity index (χ3n) is 4.87. The predicted octanol–water partition coefficient (Wildman–Crippen LogP) is 4.89. The van der Waals surface area contributed by atoms with E-state index in [9.17, 15) is 4.79 Å². The minimum absolute atomic E-state index is 0. The first-order valence-electron chi connectivity index (χ1n) is 9.39. The van der Waals surface area contributed by atoms with Crippen LogP contribution in [0.5, 0.6) is 5.75 Å². The number of benzene rings is 2. The maximum atomic E-state index is 12.8. The van der Waals surface area contributed by atoms with Gasteiger partial charge in [0, 0.05) is 6.54 Å². The van der Waals surface area contributed by atoms with Crippen molar-refractivity contribution in [3.8, 4) is 5.75 Å². The van der Waals surface area contributed by atoms with E-state index in [0.717, 1.165) is 25.2 Å². The van der Waals surface area contributed by atoms with E-state index in [-0.39, 0.29) is 24.5 Å². The molecule has 146 valence electrons. The van der Waals surface area contributed by atoms with Gasteiger partial charge in [-0.2, -0.15) is 0 Å². The summed E-state index contributed by atoms with van der Waals surface area (Å²) in [5.41, 5.74) is 1.49. The summed E-state index contributed by atoms with van der Waals surface area (Å²) in [5.74, 6) is 0.199. The summed E-state index contributed by atoms with van der Waals surface area (Å²) in [4.78, 5) is 15.2. The zero-order valence-electron chi connectivity index (χ0n) is 15.8. The number of hydrogen-bond acceptors (Lipinski definition) is 4. The fraction of sp³-hybridized carbons (Fsp3) is 0.409. The highest BCUT2D eigenvalue weighted by Crippen LogP contribution is 2.25. The number of halogens is 1. The van der Waals surface area contributed by atoms with Crippen LogP contribution in [0, 0.1) is 0 Å². The van der Waals surface area contributed by atoms with Crippen molar-refractivity contribution in [3.63, 3.8) is 0 Å². The molecule has 3 rings (SSSR count). The van der Waals surface area contributed by atoms with Gasteiger partial charge in [-0.25, -0.2) is 4.79 Å². The van der Waals surface area contributed by atoms with Crippen LogP contribution in [-0.4, -0.2) is 37.6 Å². The number of esters is 1. The monoisotopic (exact) mass is 389 g/mol. The second-order valence-electron chi connectivity index (χ2n) is 6.72. The lowest BCUT2D eigenvalue weighted by Gasteiger charge is -2.26. The molecule has 2 aromatic carbocycles. The largest absolute Gasteiger partial charge is 0.496 e. The van der Waals surface area contributed by atoms with E-state index >= 15 is 0 Å². The highest BCUT2D eigenvalue weighted by molar-refractivity contribution is 5.92. The number of likely N-dealkylation sites (tertiary alicyclic amines) is 1. The summed E-state index contributed by atoms with van der Waals surface area (Å²) >= 11 is 0. The van der Waals surface area contributed by atoms with Crippen LogP contribution in [0.3, 0.4) is 0 Å². The Bertz CT molecular complexity index is 700. The summed E-state index contributed by atoms with van der Waals surface area (Å²) < 4.78 is 11.3. The zero-order chi connectivity index (χ0) is 18.2. The van der Waals surface area contributed by atoms with Gasteiger partial charge in [0.2, 0.25) is 0 Å². The molecular weight excluding hydrogens is 362 g/mol. The molecule has 0 aromatic heterocycles. The average Bonchev–Trinajstić information content (AvgIpc) is 2.96. The summed E-state index contributed by atoms with van der Waals surface area (Å²) in [6, 6.07) is 17.2. The van der Waals surface area contributed by atoms with Crippen LogP contribution in [0.25, 0.3) is 0 Å². The van der Waals surface area contributed by atoms with Gasteiger partial charge < -0.3 is 9.47 Å². The summed E-state index contributed by atoms with van der Waals surface area (Å²) in [6.07, 6.45) is 4.71. The average molecular weight is 390 g/mol. The standard InChI is InChI=1S/C22H27NO3.ClH/c1-25-20-14-8-7-13-19(20)22(24)26-21(18-11-5-4-6-12-18)17-23-15-9-2-3-10-16-23;/h4-8,11-14,21H,2-3,9-10,15-17H2,1H3;1H. The van der Waals surface area contributed by atoms with Crippen molar-refractivity contribution in [2.24, 2.45) is 0 Å². The lowest BCUT2D eigenvalue weighted by molar-refractivity contribution is 0.0195. The highest BCUT2D eigenvalue weighted by atomic mass is 35.5. The van der Waals surface area contributed by atoms with Crippen molar-refractivity contribution in [1.82, 2.24) is 4.90 Å². The van der Waals surface area contributed by atoms with Gasteiger partial charge in [0.05, 0.1) is 7.11 Å². The lowest BCUT2D eigenvalue weighted by Crippen LogP contribution is -2.31. The molecule has 0 bridgehead atoms. The van der Waals surface area contributed by atoms with E-state index in [4.69, 9.17) is 9.47 Å². The molecule has 0 N–H and O–H groups in total. The normalized spacial score (nSPS) is 15.9. The number of para-hydroxylation sites is 1. The Balaban J connectivity index is 0.00000261. The van der Waals surface area contributed by atoms with E-state index in [1.165, 1.54) is 25.7 Å². The van der Waals surface area contributed by atoms with E-state index < -0.39 is 0 Å². The maximum Gasteiger partial charge on any atom is 0.342 e. The number of ether oxygens (including phenoxy) is 2. The van der Waals surface area contributed by atoms with Gasteiger partial charge in [-0.05, 0) is 43.6 Å². The molecule has 1 saturated heterocycles. The Labute approximate surface area is 167 Å². The molecule has 4 nitrogen and oxygen atoms in total. The number of nitrogens with zero attached hydrogens (tertiary/aromatic N) is 1. The first-order valence-corrected chi connectivity index (χ1v) is 9.39. The minimum atomic E-state index is -0.342. The molecule has 27 heavy (non-hydrogen) atoms. The Kier molecular flexibility index (Phi) is 8.62. The number of methoxy groups -OCH3 is 1. The first kappa shape index (κ1) is 21.3. The molecule has 0 amide bonds. The number of hydrogen-bond donors (Lipinski definition) is 0. The number of carbonyl (C=O) groups excluding carboxylic acids is 1. The molecule has 1 aliphatic heterocycles. The summed E-state index contributed by atoms with van der Waals surface area (Å²) in [5, 5.41) is 0. The van der Waals surface area contributed by atoms with Gasteiger partial charge in [0.25, 0.3) is 0 Å². The topological polar surface area (TPSA) is 38.8 Å². The van der Waals surface area contributed by atoms with Crippen LogP contribution in [0.2, 0.25) is 0 Å². The summed E-state index contributed by atoms with van der Waals surface area (Å²) in [7, 11) is 1.57. The smallest absolute Gasteiger partial charge is 0.342 e. The molecular formula is C22H28ClNO3. The Morgan fingerprint density at radius 2 is 1.59 bits per heavy atom. The quantitative estimate of drug-likeness (QED) is 0.659. The Morgan fingerprint density at radius 1 is 0.963 bits per heavy atom. The van der Waals surface area contributed by atoms with E-state index in [1.54, 1.807) is 19.2 Å². The van der Waals surface area contributed by atoms with Gasteiger partial charge >= 0.3 is 5.97 Å². The third kappa shape index (κ3) is 5.98. The van der Waals surface area contributed by atoms with Crippen LogP contribution in [0.15, 0.2) is 54.6 Å². The fourth-order valence-corrected chi connectivity index (χ4v) is 3.44. The maximum absolute atomic E-state index is 12.8. The van der Waals surface area contributed by atoms with Crippen LogP contribution in [0.4, 0.5) is 0 Å². The molecule has 1 aliphatic rings. The van der Waals surface area contributed by atoms with Crippen LogP contribution < -0.4 is 4.74 Å². The minimum Gasteiger partial charge on any atom is -0.496 e. The van der Waals surface area contributed by atoms with Crippen molar-refractivity contribution in [2.75, 3.05) is 26.7 Å². The molecule has 0 aliphatic carbocycles. The molecule has 2 aromatic rings. The molecule has 1 fully saturated rings. The molecule has 1 atom stereocenters. The van der Waals surface area contributed by atoms with Gasteiger partial charge in [-0.3, -0.25) is 4.90 Å². The molecule has 5 heteroatoms. The van der Waals surface area contributed by atoms with Crippen LogP contribution >= 0.6 is 12.4 Å². The first-order chi connectivity index (χ1) is 12.8. The second-order valence-corrected chi connectivity index (χ2v) is 6.72. The van der Waals surface area contributed by atoms with Crippen molar-refractivity contribution in [2.45, 2.75) is 31.8 Å². The van der Waals surface area contributed by atoms with Gasteiger partial charge in [-0.1, -0.05) is 55.3 Å². The fourth-order valence-electron chi connectivity index (χ4n) is 3.44. The molecule has 1 heterocycles. The Hall–Kier alpha value is -2.04. The van der Waals surface area contributed by atoms with Crippen molar-refractivity contribution in [1.29, 1.82) is 0 Å². The Morgan fingerprint density at radius 3 is 2.26 bits per heavy atom. The van der Waals surface area contributed by atoms with Gasteiger partial charge in [0.1, 0.15) is 17.4 Å². The molecule has 0 spiro atoms. The number of rotatable bonds is 6. The van der Waals surface area contributed by atoms with Gasteiger partial charge in [0.15, 0.2) is 0 Å². The predicted molar refractivity (Wildman–Crippen MR) is 110 cm³/mol. The van der Waals surface area contributed by atoms with E-state index in [1.807, 2.05) is 42.5 Å². The van der Waals surface area contributed by atoms with E-state index in [0.29, 0.717) is 11.3 Å². The molecule has 0 radical (unpaired) electrons. The van der Waals surface area contributed by atoms with E-state index in [2.05, 4.69) is 4.90 Å². The van der Waals surface area contributed by atoms with Crippen molar-refractivity contribution < 1.29 is 14.3 Å². The SMILES string of the molecule is COc1ccccc1C(=O)OC(CN1CCCCCC1)c1ccccc1.Cl. The molecule has 1 unspecified atom stereocenters. The van der Waals surface area contributed by atoms with Crippen LogP contribution in [-0.2, 0) is 4.74 Å². The molecule has 0 saturated carbocycles.